The maximum absolute atomic E-state index is 6.10. The van der Waals surface area contributed by atoms with E-state index in [0.29, 0.717) is 0 Å². The Balaban J connectivity index is 1.71. The lowest BCUT2D eigenvalue weighted by molar-refractivity contribution is 0.00578. The molecule has 27 heavy (non-hydrogen) atoms. The molecule has 0 bridgehead atoms. The molecule has 1 heterocycles. The smallest absolute Gasteiger partial charge is 0.399 e. The zero-order valence-electron chi connectivity index (χ0n) is 16.0. The fourth-order valence-electron chi connectivity index (χ4n) is 2.74. The molecule has 0 atom stereocenters. The summed E-state index contributed by atoms with van der Waals surface area (Å²) in [6.45, 7) is 8.23. The van der Waals surface area contributed by atoms with Gasteiger partial charge in [0.2, 0.25) is 0 Å². The monoisotopic (exact) mass is 381 g/mol. The summed E-state index contributed by atoms with van der Waals surface area (Å²) < 4.78 is 12.2. The maximum atomic E-state index is 6.10. The molecule has 5 nitrogen and oxygen atoms in total. The van der Waals surface area contributed by atoms with Gasteiger partial charge in [0.25, 0.3) is 0 Å². The van der Waals surface area contributed by atoms with Crippen molar-refractivity contribution in [2.75, 3.05) is 0 Å². The van der Waals surface area contributed by atoms with Gasteiger partial charge in [0.15, 0.2) is 5.11 Å². The number of thiocarbonyl (C=S) groups is 1. The van der Waals surface area contributed by atoms with Gasteiger partial charge >= 0.3 is 7.12 Å². The number of rotatable bonds is 4. The van der Waals surface area contributed by atoms with Crippen molar-refractivity contribution >= 4 is 36.1 Å². The first-order chi connectivity index (χ1) is 12.7. The summed E-state index contributed by atoms with van der Waals surface area (Å²) in [5.41, 5.74) is 11.4. The van der Waals surface area contributed by atoms with Gasteiger partial charge in [0.05, 0.1) is 17.4 Å². The van der Waals surface area contributed by atoms with E-state index in [1.165, 1.54) is 0 Å². The van der Waals surface area contributed by atoms with Crippen LogP contribution in [0.5, 0.6) is 0 Å². The molecule has 0 amide bonds. The number of hydrazone groups is 1. The fraction of sp³-hybridized carbons (Fsp3) is 0.300. The van der Waals surface area contributed by atoms with Crippen molar-refractivity contribution < 1.29 is 9.31 Å². The Labute approximate surface area is 166 Å². The Bertz CT molecular complexity index is 833. The molecular weight excluding hydrogens is 357 g/mol. The third kappa shape index (κ3) is 4.38. The first kappa shape index (κ1) is 19.5. The quantitative estimate of drug-likeness (QED) is 0.369. The molecule has 1 saturated heterocycles. The van der Waals surface area contributed by atoms with Gasteiger partial charge in [-0.15, -0.1) is 0 Å². The average Bonchev–Trinajstić information content (AvgIpc) is 2.83. The molecule has 140 valence electrons. The van der Waals surface area contributed by atoms with Gasteiger partial charge < -0.3 is 15.0 Å². The summed E-state index contributed by atoms with van der Waals surface area (Å²) in [6, 6.07) is 16.3. The van der Waals surface area contributed by atoms with Crippen LogP contribution < -0.4 is 16.6 Å². The molecule has 0 spiro atoms. The minimum Gasteiger partial charge on any atom is -0.399 e. The molecule has 0 radical (unpaired) electrons. The van der Waals surface area contributed by atoms with Crippen molar-refractivity contribution in [3.05, 3.63) is 54.1 Å². The van der Waals surface area contributed by atoms with Crippen molar-refractivity contribution in [3.8, 4) is 11.1 Å². The van der Waals surface area contributed by atoms with Crippen LogP contribution in [0.1, 0.15) is 33.3 Å². The van der Waals surface area contributed by atoms with Gasteiger partial charge in [0, 0.05) is 0 Å². The van der Waals surface area contributed by atoms with Gasteiger partial charge in [-0.1, -0.05) is 48.5 Å². The third-order valence-corrected chi connectivity index (χ3v) is 5.16. The Morgan fingerprint density at radius 3 is 1.93 bits per heavy atom. The summed E-state index contributed by atoms with van der Waals surface area (Å²) in [5, 5.41) is 4.10. The summed E-state index contributed by atoms with van der Waals surface area (Å²) >= 11 is 4.71. The highest BCUT2D eigenvalue weighted by Gasteiger charge is 2.51. The molecule has 0 unspecified atom stereocenters. The molecule has 2 aromatic rings. The Morgan fingerprint density at radius 1 is 0.963 bits per heavy atom. The van der Waals surface area contributed by atoms with E-state index in [2.05, 4.69) is 62.5 Å². The van der Waals surface area contributed by atoms with Crippen LogP contribution in [0.25, 0.3) is 11.1 Å². The van der Waals surface area contributed by atoms with Crippen LogP contribution in [-0.2, 0) is 9.31 Å². The lowest BCUT2D eigenvalue weighted by Gasteiger charge is -2.32. The van der Waals surface area contributed by atoms with Crippen LogP contribution >= 0.6 is 12.2 Å². The van der Waals surface area contributed by atoms with Crippen molar-refractivity contribution in [2.45, 2.75) is 38.9 Å². The summed E-state index contributed by atoms with van der Waals surface area (Å²) in [4.78, 5) is 0. The van der Waals surface area contributed by atoms with Crippen LogP contribution in [0.4, 0.5) is 0 Å². The van der Waals surface area contributed by atoms with Gasteiger partial charge in [0.1, 0.15) is 0 Å². The largest absolute Gasteiger partial charge is 0.494 e. The van der Waals surface area contributed by atoms with E-state index in [1.807, 2.05) is 24.3 Å². The molecule has 2 aromatic carbocycles. The minimum absolute atomic E-state index is 0.143. The van der Waals surface area contributed by atoms with Gasteiger partial charge in [-0.05, 0) is 62.1 Å². The van der Waals surface area contributed by atoms with Crippen molar-refractivity contribution in [1.82, 2.24) is 5.43 Å². The third-order valence-electron chi connectivity index (χ3n) is 5.07. The number of hydrogen-bond acceptors (Lipinski definition) is 4. The van der Waals surface area contributed by atoms with Crippen LogP contribution in [0, 0.1) is 0 Å². The number of nitrogens with one attached hydrogen (secondary N) is 1. The second-order valence-corrected chi connectivity index (χ2v) is 8.01. The van der Waals surface area contributed by atoms with Crippen LogP contribution in [0.15, 0.2) is 53.6 Å². The molecule has 7 heteroatoms. The lowest BCUT2D eigenvalue weighted by atomic mass is 9.78. The zero-order chi connectivity index (χ0) is 19.7. The highest BCUT2D eigenvalue weighted by atomic mass is 32.1. The van der Waals surface area contributed by atoms with E-state index in [4.69, 9.17) is 27.3 Å². The molecule has 0 aliphatic carbocycles. The number of nitrogens with two attached hydrogens (primary N) is 1. The Hall–Kier alpha value is -2.22. The summed E-state index contributed by atoms with van der Waals surface area (Å²) in [6.07, 6.45) is 1.67. The van der Waals surface area contributed by atoms with E-state index >= 15 is 0 Å². The minimum atomic E-state index is -0.344. The molecule has 0 saturated carbocycles. The standard InChI is InChI=1S/C20H24BN3O2S/c1-19(2)20(3,4)26-21(25-19)17-11-9-16(10-12-17)15-7-5-14(6-8-15)13-23-24-18(22)27/h5-13H,1-4H3,(H3,22,24,27). The fourth-order valence-corrected chi connectivity index (χ4v) is 2.80. The number of benzene rings is 2. The molecular formula is C20H24BN3O2S. The zero-order valence-corrected chi connectivity index (χ0v) is 16.8. The molecule has 1 fully saturated rings. The highest BCUT2D eigenvalue weighted by molar-refractivity contribution is 7.80. The van der Waals surface area contributed by atoms with Crippen molar-refractivity contribution in [2.24, 2.45) is 10.8 Å². The molecule has 1 aliphatic heterocycles. The van der Waals surface area contributed by atoms with E-state index in [1.54, 1.807) is 6.21 Å². The van der Waals surface area contributed by atoms with E-state index in [0.717, 1.165) is 22.2 Å². The molecule has 0 aromatic heterocycles. The van der Waals surface area contributed by atoms with Crippen molar-refractivity contribution in [3.63, 3.8) is 0 Å². The second kappa shape index (κ2) is 7.42. The van der Waals surface area contributed by atoms with E-state index in [-0.39, 0.29) is 23.4 Å². The van der Waals surface area contributed by atoms with Crippen LogP contribution in [0.2, 0.25) is 0 Å². The van der Waals surface area contributed by atoms with Crippen LogP contribution in [0.3, 0.4) is 0 Å². The van der Waals surface area contributed by atoms with E-state index < -0.39 is 0 Å². The summed E-state index contributed by atoms with van der Waals surface area (Å²) in [7, 11) is -0.344. The van der Waals surface area contributed by atoms with Crippen LogP contribution in [-0.4, -0.2) is 29.6 Å². The lowest BCUT2D eigenvalue weighted by Crippen LogP contribution is -2.41. The number of nitrogens with zero attached hydrogens (tertiary/aromatic N) is 1. The molecule has 3 rings (SSSR count). The average molecular weight is 381 g/mol. The van der Waals surface area contributed by atoms with Gasteiger partial charge in [-0.25, -0.2) is 0 Å². The maximum Gasteiger partial charge on any atom is 0.494 e. The van der Waals surface area contributed by atoms with Gasteiger partial charge in [-0.3, -0.25) is 5.43 Å². The molecule has 3 N–H and O–H groups in total. The topological polar surface area (TPSA) is 68.9 Å². The molecule has 1 aliphatic rings. The Morgan fingerprint density at radius 2 is 1.44 bits per heavy atom. The van der Waals surface area contributed by atoms with Crippen molar-refractivity contribution in [1.29, 1.82) is 0 Å². The SMILES string of the molecule is CC1(C)OB(c2ccc(-c3ccc(C=NNC(N)=S)cc3)cc2)OC1(C)C. The summed E-state index contributed by atoms with van der Waals surface area (Å²) in [5.74, 6) is 0. The predicted molar refractivity (Wildman–Crippen MR) is 115 cm³/mol. The first-order valence-corrected chi connectivity index (χ1v) is 9.23. The van der Waals surface area contributed by atoms with Gasteiger partial charge in [-0.2, -0.15) is 5.10 Å². The first-order valence-electron chi connectivity index (χ1n) is 8.82. The second-order valence-electron chi connectivity index (χ2n) is 7.57. The normalized spacial score (nSPS) is 18.0. The van der Waals surface area contributed by atoms with E-state index in [9.17, 15) is 0 Å². The predicted octanol–water partition coefficient (Wildman–Crippen LogP) is 2.82. The Kier molecular flexibility index (Phi) is 5.37. The highest BCUT2D eigenvalue weighted by Crippen LogP contribution is 2.36. The number of hydrogen-bond donors (Lipinski definition) is 2.